The highest BCUT2D eigenvalue weighted by Gasteiger charge is 2.29. The molecule has 0 N–H and O–H groups in total. The average Bonchev–Trinajstić information content (AvgIpc) is 2.19. The third-order valence-electron chi connectivity index (χ3n) is 3.24. The van der Waals surface area contributed by atoms with Gasteiger partial charge in [-0.3, -0.25) is 4.90 Å². The summed E-state index contributed by atoms with van der Waals surface area (Å²) >= 11 is 0. The van der Waals surface area contributed by atoms with E-state index in [0.29, 0.717) is 5.54 Å². The molecule has 0 radical (unpaired) electrons. The Morgan fingerprint density at radius 3 is 2.19 bits per heavy atom. The summed E-state index contributed by atoms with van der Waals surface area (Å²) in [6.45, 7) is 16.9. The van der Waals surface area contributed by atoms with Crippen molar-refractivity contribution in [2.75, 3.05) is 26.7 Å². The van der Waals surface area contributed by atoms with Crippen molar-refractivity contribution in [2.24, 2.45) is 0 Å². The van der Waals surface area contributed by atoms with Gasteiger partial charge < -0.3 is 4.90 Å². The van der Waals surface area contributed by atoms with E-state index in [2.05, 4.69) is 44.5 Å². The molecule has 1 heterocycles. The first-order chi connectivity index (χ1) is 7.45. The zero-order valence-electron chi connectivity index (χ0n) is 12.5. The van der Waals surface area contributed by atoms with Crippen LogP contribution >= 0.6 is 0 Å². The first kappa shape index (κ1) is 15.9. The second kappa shape index (κ2) is 7.29. The Hall–Kier alpha value is -0.0800. The van der Waals surface area contributed by atoms with Crippen LogP contribution < -0.4 is 0 Å². The van der Waals surface area contributed by atoms with Crippen LogP contribution in [0.4, 0.5) is 0 Å². The average molecular weight is 228 g/mol. The summed E-state index contributed by atoms with van der Waals surface area (Å²) in [6, 6.07) is 0.763. The quantitative estimate of drug-likeness (QED) is 0.716. The van der Waals surface area contributed by atoms with Crippen molar-refractivity contribution in [3.63, 3.8) is 0 Å². The van der Waals surface area contributed by atoms with Crippen LogP contribution in [0.2, 0.25) is 0 Å². The van der Waals surface area contributed by atoms with Crippen molar-refractivity contribution in [3.05, 3.63) is 0 Å². The molecule has 1 saturated heterocycles. The molecule has 1 atom stereocenters. The Bertz CT molecular complexity index is 172. The number of hydrogen-bond donors (Lipinski definition) is 0. The first-order valence-electron chi connectivity index (χ1n) is 6.90. The Balaban J connectivity index is 0.00000106. The topological polar surface area (TPSA) is 6.48 Å². The molecule has 2 nitrogen and oxygen atoms in total. The van der Waals surface area contributed by atoms with Gasteiger partial charge in [0.15, 0.2) is 0 Å². The van der Waals surface area contributed by atoms with Crippen molar-refractivity contribution in [2.45, 2.75) is 66.0 Å². The van der Waals surface area contributed by atoms with E-state index in [0.717, 1.165) is 6.04 Å². The number of likely N-dealkylation sites (N-methyl/N-ethyl adjacent to an activating group) is 2. The minimum atomic E-state index is 0.317. The molecule has 0 aliphatic carbocycles. The van der Waals surface area contributed by atoms with Crippen LogP contribution in [0.3, 0.4) is 0 Å². The van der Waals surface area contributed by atoms with Gasteiger partial charge in [-0.2, -0.15) is 0 Å². The third kappa shape index (κ3) is 4.84. The SMILES string of the molecule is CC.CCN(C1CCCN(C)C1)C(C)(C)C. The summed E-state index contributed by atoms with van der Waals surface area (Å²) < 4.78 is 0. The largest absolute Gasteiger partial charge is 0.305 e. The van der Waals surface area contributed by atoms with Gasteiger partial charge in [-0.25, -0.2) is 0 Å². The fourth-order valence-electron chi connectivity index (χ4n) is 2.67. The monoisotopic (exact) mass is 228 g/mol. The molecule has 98 valence electrons. The van der Waals surface area contributed by atoms with Crippen LogP contribution in [0.15, 0.2) is 0 Å². The second-order valence-electron chi connectivity index (χ2n) is 5.52. The summed E-state index contributed by atoms with van der Waals surface area (Å²) in [7, 11) is 2.24. The molecule has 0 aromatic heterocycles. The molecule has 1 rings (SSSR count). The molecular weight excluding hydrogens is 196 g/mol. The number of nitrogens with zero attached hydrogens (tertiary/aromatic N) is 2. The van der Waals surface area contributed by atoms with E-state index in [-0.39, 0.29) is 0 Å². The van der Waals surface area contributed by atoms with E-state index >= 15 is 0 Å². The lowest BCUT2D eigenvalue weighted by molar-refractivity contribution is 0.0446. The Morgan fingerprint density at radius 2 is 1.81 bits per heavy atom. The molecular formula is C14H32N2. The smallest absolute Gasteiger partial charge is 0.0228 e. The summed E-state index contributed by atoms with van der Waals surface area (Å²) in [6.07, 6.45) is 2.73. The van der Waals surface area contributed by atoms with Crippen LogP contribution in [0, 0.1) is 0 Å². The Morgan fingerprint density at radius 1 is 1.25 bits per heavy atom. The molecule has 0 bridgehead atoms. The van der Waals surface area contributed by atoms with Gasteiger partial charge in [-0.05, 0) is 53.8 Å². The van der Waals surface area contributed by atoms with Crippen LogP contribution in [0.1, 0.15) is 54.4 Å². The van der Waals surface area contributed by atoms with Crippen molar-refractivity contribution < 1.29 is 0 Å². The summed E-state index contributed by atoms with van der Waals surface area (Å²) in [5, 5.41) is 0. The second-order valence-corrected chi connectivity index (χ2v) is 5.52. The van der Waals surface area contributed by atoms with Crippen molar-refractivity contribution in [1.29, 1.82) is 0 Å². The van der Waals surface area contributed by atoms with Crippen molar-refractivity contribution in [3.8, 4) is 0 Å². The Kier molecular flexibility index (Phi) is 7.25. The van der Waals surface area contributed by atoms with Gasteiger partial charge in [0, 0.05) is 18.1 Å². The summed E-state index contributed by atoms with van der Waals surface area (Å²) in [5.74, 6) is 0. The van der Waals surface area contributed by atoms with E-state index in [1.165, 1.54) is 32.5 Å². The fraction of sp³-hybridized carbons (Fsp3) is 1.00. The highest BCUT2D eigenvalue weighted by Crippen LogP contribution is 2.22. The van der Waals surface area contributed by atoms with Gasteiger partial charge in [0.2, 0.25) is 0 Å². The molecule has 0 aromatic carbocycles. The van der Waals surface area contributed by atoms with Crippen LogP contribution in [0.5, 0.6) is 0 Å². The van der Waals surface area contributed by atoms with Crippen LogP contribution in [-0.4, -0.2) is 48.1 Å². The minimum Gasteiger partial charge on any atom is -0.305 e. The predicted octanol–water partition coefficient (Wildman–Crippen LogP) is 3.23. The van der Waals surface area contributed by atoms with Crippen molar-refractivity contribution >= 4 is 0 Å². The highest BCUT2D eigenvalue weighted by atomic mass is 15.3. The molecule has 0 amide bonds. The molecule has 2 heteroatoms. The van der Waals surface area contributed by atoms with Gasteiger partial charge in [0.05, 0.1) is 0 Å². The molecule has 1 aliphatic rings. The van der Waals surface area contributed by atoms with Gasteiger partial charge in [0.25, 0.3) is 0 Å². The van der Waals surface area contributed by atoms with Gasteiger partial charge in [0.1, 0.15) is 0 Å². The highest BCUT2D eigenvalue weighted by molar-refractivity contribution is 4.86. The maximum Gasteiger partial charge on any atom is 0.0228 e. The number of rotatable bonds is 2. The third-order valence-corrected chi connectivity index (χ3v) is 3.24. The van der Waals surface area contributed by atoms with E-state index in [4.69, 9.17) is 0 Å². The maximum atomic E-state index is 2.64. The molecule has 0 spiro atoms. The first-order valence-corrected chi connectivity index (χ1v) is 6.90. The molecule has 1 fully saturated rings. The minimum absolute atomic E-state index is 0.317. The molecule has 0 saturated carbocycles. The molecule has 16 heavy (non-hydrogen) atoms. The molecule has 0 aromatic rings. The number of likely N-dealkylation sites (tertiary alicyclic amines) is 1. The normalized spacial score (nSPS) is 22.9. The number of hydrogen-bond acceptors (Lipinski definition) is 2. The zero-order valence-corrected chi connectivity index (χ0v) is 12.5. The maximum absolute atomic E-state index is 2.64. The van der Waals surface area contributed by atoms with Gasteiger partial charge in [-0.15, -0.1) is 0 Å². The molecule has 1 aliphatic heterocycles. The number of piperidine rings is 1. The standard InChI is InChI=1S/C12H26N2.C2H6/c1-6-14(12(2,3)4)11-8-7-9-13(5)10-11;1-2/h11H,6-10H2,1-5H3;1-2H3. The van der Waals surface area contributed by atoms with Crippen LogP contribution in [-0.2, 0) is 0 Å². The Labute approximate surface area is 103 Å². The lowest BCUT2D eigenvalue weighted by atomic mass is 9.97. The van der Waals surface area contributed by atoms with E-state index < -0.39 is 0 Å². The lowest BCUT2D eigenvalue weighted by Crippen LogP contribution is -2.53. The van der Waals surface area contributed by atoms with Crippen LogP contribution in [0.25, 0.3) is 0 Å². The van der Waals surface area contributed by atoms with E-state index in [1.54, 1.807) is 0 Å². The van der Waals surface area contributed by atoms with Crippen molar-refractivity contribution in [1.82, 2.24) is 9.80 Å². The molecule has 1 unspecified atom stereocenters. The van der Waals surface area contributed by atoms with Gasteiger partial charge >= 0.3 is 0 Å². The summed E-state index contributed by atoms with van der Waals surface area (Å²) in [5.41, 5.74) is 0.317. The van der Waals surface area contributed by atoms with Gasteiger partial charge in [-0.1, -0.05) is 20.8 Å². The van der Waals surface area contributed by atoms with E-state index in [9.17, 15) is 0 Å². The zero-order chi connectivity index (χ0) is 12.8. The lowest BCUT2D eigenvalue weighted by Gasteiger charge is -2.44. The summed E-state index contributed by atoms with van der Waals surface area (Å²) in [4.78, 5) is 5.10. The fourth-order valence-corrected chi connectivity index (χ4v) is 2.67. The predicted molar refractivity (Wildman–Crippen MR) is 74.0 cm³/mol. The van der Waals surface area contributed by atoms with E-state index in [1.807, 2.05) is 13.8 Å².